The van der Waals surface area contributed by atoms with Gasteiger partial charge in [-0.25, -0.2) is 0 Å². The van der Waals surface area contributed by atoms with E-state index in [1.165, 1.54) is 0 Å². The Morgan fingerprint density at radius 3 is 0.732 bits per heavy atom. The largest absolute Gasteiger partial charge is 0.355 e. The molecule has 0 aliphatic heterocycles. The summed E-state index contributed by atoms with van der Waals surface area (Å²) in [6.45, 7) is 14.1. The summed E-state index contributed by atoms with van der Waals surface area (Å²) in [7, 11) is -3.68. The molecule has 0 heterocycles. The van der Waals surface area contributed by atoms with E-state index in [-0.39, 0.29) is 13.2 Å². The fourth-order valence-electron chi connectivity index (χ4n) is 6.82. The SMILES string of the molecule is C[Si](C)(C)C#C/C(COC(c1ccccc1)(c1ccccc1)c1ccccc1)=C(\C#C[Si](C)(C)C)COC(c1ccccc1)(c1ccccc1)c1ccccc1. The zero-order chi connectivity index (χ0) is 39.5. The quantitative estimate of drug-likeness (QED) is 0.0702. The smallest absolute Gasteiger partial charge is 0.144 e. The summed E-state index contributed by atoms with van der Waals surface area (Å²) in [6.07, 6.45) is 0. The van der Waals surface area contributed by atoms with Crippen LogP contribution in [0.15, 0.2) is 193 Å². The van der Waals surface area contributed by atoms with Crippen LogP contribution in [-0.4, -0.2) is 29.4 Å². The van der Waals surface area contributed by atoms with Crippen molar-refractivity contribution in [3.63, 3.8) is 0 Å². The second-order valence-electron chi connectivity index (χ2n) is 16.1. The Kier molecular flexibility index (Phi) is 12.9. The van der Waals surface area contributed by atoms with E-state index >= 15 is 0 Å². The van der Waals surface area contributed by atoms with E-state index in [4.69, 9.17) is 9.47 Å². The summed E-state index contributed by atoms with van der Waals surface area (Å²) in [5.74, 6) is 7.36. The summed E-state index contributed by atoms with van der Waals surface area (Å²) in [5.41, 5.74) is 13.4. The van der Waals surface area contributed by atoms with Crippen molar-refractivity contribution in [1.82, 2.24) is 0 Å². The lowest BCUT2D eigenvalue weighted by molar-refractivity contribution is 0.0221. The molecular weight excluding hydrogens is 713 g/mol. The molecule has 2 nitrogen and oxygen atoms in total. The van der Waals surface area contributed by atoms with E-state index in [0.717, 1.165) is 44.5 Å². The Labute approximate surface area is 337 Å². The first-order valence-electron chi connectivity index (χ1n) is 19.4. The van der Waals surface area contributed by atoms with Crippen molar-refractivity contribution in [1.29, 1.82) is 0 Å². The van der Waals surface area contributed by atoms with Gasteiger partial charge in [-0.05, 0) is 33.4 Å². The highest BCUT2D eigenvalue weighted by molar-refractivity contribution is 6.84. The summed E-state index contributed by atoms with van der Waals surface area (Å²) in [6, 6.07) is 63.1. The number of ether oxygens (including phenoxy) is 2. The van der Waals surface area contributed by atoms with Crippen LogP contribution >= 0.6 is 0 Å². The second-order valence-corrected chi connectivity index (χ2v) is 25.6. The van der Waals surface area contributed by atoms with Gasteiger partial charge in [-0.2, -0.15) is 0 Å². The van der Waals surface area contributed by atoms with Gasteiger partial charge in [0.2, 0.25) is 0 Å². The van der Waals surface area contributed by atoms with Gasteiger partial charge in [0.05, 0.1) is 13.2 Å². The number of hydrogen-bond donors (Lipinski definition) is 0. The highest BCUT2D eigenvalue weighted by Crippen LogP contribution is 2.42. The molecule has 0 spiro atoms. The topological polar surface area (TPSA) is 18.5 Å². The molecule has 0 aliphatic carbocycles. The maximum atomic E-state index is 7.46. The monoisotopic (exact) mass is 764 g/mol. The standard InChI is InChI=1S/C52H52O2Si2/c1-55(2,3)39-37-43(41-53-51(45-25-13-7-14-26-45,46-27-15-8-16-28-46)47-29-17-9-18-30-47)44(38-40-56(4,5)6)42-54-52(48-31-19-10-20-32-48,49-33-21-11-22-34-49)50-35-23-12-24-36-50/h7-36H,41-42H2,1-6H3/b44-43-. The van der Waals surface area contributed by atoms with Crippen LogP contribution in [0.3, 0.4) is 0 Å². The van der Waals surface area contributed by atoms with Crippen LogP contribution in [0.2, 0.25) is 39.3 Å². The van der Waals surface area contributed by atoms with Crippen LogP contribution in [0.4, 0.5) is 0 Å². The third-order valence-corrected chi connectivity index (χ3v) is 11.2. The normalized spacial score (nSPS) is 12.4. The molecule has 6 aromatic rings. The fraction of sp³-hybridized carbons (Fsp3) is 0.192. The van der Waals surface area contributed by atoms with E-state index in [1.54, 1.807) is 0 Å². The Morgan fingerprint density at radius 1 is 0.357 bits per heavy atom. The van der Waals surface area contributed by atoms with E-state index in [1.807, 2.05) is 0 Å². The molecular formula is C52H52O2Si2. The van der Waals surface area contributed by atoms with Gasteiger partial charge in [-0.1, -0.05) is 233 Å². The van der Waals surface area contributed by atoms with Crippen molar-refractivity contribution in [2.24, 2.45) is 0 Å². The minimum atomic E-state index is -1.84. The van der Waals surface area contributed by atoms with E-state index < -0.39 is 27.3 Å². The highest BCUT2D eigenvalue weighted by atomic mass is 28.3. The van der Waals surface area contributed by atoms with Crippen molar-refractivity contribution < 1.29 is 9.47 Å². The van der Waals surface area contributed by atoms with E-state index in [9.17, 15) is 0 Å². The molecule has 0 aromatic heterocycles. The minimum Gasteiger partial charge on any atom is -0.355 e. The van der Waals surface area contributed by atoms with Crippen molar-refractivity contribution in [2.75, 3.05) is 13.2 Å². The summed E-state index contributed by atoms with van der Waals surface area (Å²) in [5, 5.41) is 0. The van der Waals surface area contributed by atoms with Crippen LogP contribution < -0.4 is 0 Å². The summed E-state index contributed by atoms with van der Waals surface area (Å²) in [4.78, 5) is 0. The molecule has 0 saturated carbocycles. The molecule has 0 N–H and O–H groups in total. The molecule has 0 radical (unpaired) electrons. The molecule has 0 bridgehead atoms. The van der Waals surface area contributed by atoms with Gasteiger partial charge in [-0.3, -0.25) is 0 Å². The highest BCUT2D eigenvalue weighted by Gasteiger charge is 2.39. The second kappa shape index (κ2) is 18.0. The average molecular weight is 765 g/mol. The maximum absolute atomic E-state index is 7.46. The van der Waals surface area contributed by atoms with Crippen LogP contribution in [-0.2, 0) is 20.7 Å². The number of benzene rings is 6. The van der Waals surface area contributed by atoms with Gasteiger partial charge in [0.15, 0.2) is 0 Å². The molecule has 6 aromatic carbocycles. The van der Waals surface area contributed by atoms with Crippen molar-refractivity contribution >= 4 is 16.1 Å². The lowest BCUT2D eigenvalue weighted by Gasteiger charge is -2.37. The van der Waals surface area contributed by atoms with Crippen LogP contribution in [0, 0.1) is 22.9 Å². The van der Waals surface area contributed by atoms with Crippen LogP contribution in [0.1, 0.15) is 33.4 Å². The number of rotatable bonds is 12. The van der Waals surface area contributed by atoms with Crippen molar-refractivity contribution in [3.8, 4) is 22.9 Å². The Hall–Kier alpha value is -5.47. The van der Waals surface area contributed by atoms with Gasteiger partial charge in [0.1, 0.15) is 27.3 Å². The summed E-state index contributed by atoms with van der Waals surface area (Å²) < 4.78 is 14.9. The van der Waals surface area contributed by atoms with Crippen LogP contribution in [0.5, 0.6) is 0 Å². The zero-order valence-corrected chi connectivity index (χ0v) is 35.6. The van der Waals surface area contributed by atoms with Gasteiger partial charge in [0.25, 0.3) is 0 Å². The molecule has 56 heavy (non-hydrogen) atoms. The Morgan fingerprint density at radius 2 is 0.554 bits per heavy atom. The molecule has 0 fully saturated rings. The minimum absolute atomic E-state index is 0.226. The summed E-state index contributed by atoms with van der Waals surface area (Å²) >= 11 is 0. The first-order valence-corrected chi connectivity index (χ1v) is 26.4. The molecule has 0 atom stereocenters. The van der Waals surface area contributed by atoms with Gasteiger partial charge < -0.3 is 9.47 Å². The van der Waals surface area contributed by atoms with Gasteiger partial charge in [0, 0.05) is 11.1 Å². The predicted molar refractivity (Wildman–Crippen MR) is 240 cm³/mol. The van der Waals surface area contributed by atoms with Crippen molar-refractivity contribution in [2.45, 2.75) is 50.5 Å². The molecule has 0 aliphatic rings. The fourth-order valence-corrected chi connectivity index (χ4v) is 7.87. The molecule has 4 heteroatoms. The van der Waals surface area contributed by atoms with E-state index in [0.29, 0.717) is 0 Å². The van der Waals surface area contributed by atoms with Gasteiger partial charge in [-0.15, -0.1) is 11.1 Å². The lowest BCUT2D eigenvalue weighted by Crippen LogP contribution is -2.35. The maximum Gasteiger partial charge on any atom is 0.144 e. The molecule has 6 rings (SSSR count). The first kappa shape index (κ1) is 40.2. The third-order valence-electron chi connectivity index (χ3n) is 9.49. The van der Waals surface area contributed by atoms with Crippen LogP contribution in [0.25, 0.3) is 0 Å². The molecule has 0 amide bonds. The van der Waals surface area contributed by atoms with Gasteiger partial charge >= 0.3 is 0 Å². The van der Waals surface area contributed by atoms with E-state index in [2.05, 4.69) is 244 Å². The first-order chi connectivity index (χ1) is 27.0. The third kappa shape index (κ3) is 9.66. The molecule has 280 valence electrons. The predicted octanol–water partition coefficient (Wildman–Crippen LogP) is 12.1. The Bertz CT molecular complexity index is 1940. The molecule has 0 unspecified atom stereocenters. The molecule has 0 saturated heterocycles. The average Bonchev–Trinajstić information content (AvgIpc) is 3.22. The number of hydrogen-bond acceptors (Lipinski definition) is 2. The van der Waals surface area contributed by atoms with Crippen molar-refractivity contribution in [3.05, 3.63) is 227 Å². The zero-order valence-electron chi connectivity index (χ0n) is 33.6. The lowest BCUT2D eigenvalue weighted by atomic mass is 9.80. The Balaban J connectivity index is 1.57.